The predicted octanol–water partition coefficient (Wildman–Crippen LogP) is 4.01. The van der Waals surface area contributed by atoms with Gasteiger partial charge in [-0.1, -0.05) is 37.0 Å². The number of hydrogen-bond acceptors (Lipinski definition) is 4. The lowest BCUT2D eigenvalue weighted by atomic mass is 10.2. The molecule has 0 aliphatic carbocycles. The highest BCUT2D eigenvalue weighted by Gasteiger charge is 2.10. The van der Waals surface area contributed by atoms with E-state index in [1.807, 2.05) is 31.2 Å². The van der Waals surface area contributed by atoms with E-state index in [9.17, 15) is 9.59 Å². The van der Waals surface area contributed by atoms with Crippen LogP contribution in [0.5, 0.6) is 0 Å². The topological polar surface area (TPSA) is 48.3 Å². The van der Waals surface area contributed by atoms with Crippen molar-refractivity contribution >= 4 is 27.6 Å². The van der Waals surface area contributed by atoms with Crippen LogP contribution in [0.2, 0.25) is 0 Å². The zero-order chi connectivity index (χ0) is 16.2. The predicted molar refractivity (Wildman–Crippen MR) is 92.6 cm³/mol. The van der Waals surface area contributed by atoms with Crippen LogP contribution in [0, 0.1) is 0 Å². The van der Waals surface area contributed by atoms with E-state index in [1.165, 1.54) is 11.5 Å². The number of fused-ring (bicyclic) bond motifs is 1. The molecular weight excluding hydrogens is 310 g/mol. The first-order valence-electron chi connectivity index (χ1n) is 7.59. The Kier molecular flexibility index (Phi) is 4.57. The van der Waals surface area contributed by atoms with Gasteiger partial charge >= 0.3 is 5.97 Å². The van der Waals surface area contributed by atoms with Crippen LogP contribution in [0.1, 0.15) is 30.1 Å². The van der Waals surface area contributed by atoms with Gasteiger partial charge in [0.15, 0.2) is 0 Å². The van der Waals surface area contributed by atoms with Gasteiger partial charge < -0.3 is 4.74 Å². The number of ether oxygens (including phenoxy) is 1. The van der Waals surface area contributed by atoms with Gasteiger partial charge in [-0.05, 0) is 42.8 Å². The molecule has 4 nitrogen and oxygen atoms in total. The Morgan fingerprint density at radius 1 is 1.13 bits per heavy atom. The van der Waals surface area contributed by atoms with E-state index in [0.29, 0.717) is 17.6 Å². The second kappa shape index (κ2) is 6.79. The van der Waals surface area contributed by atoms with E-state index in [-0.39, 0.29) is 11.5 Å². The highest BCUT2D eigenvalue weighted by molar-refractivity contribution is 7.14. The number of benzene rings is 2. The van der Waals surface area contributed by atoms with E-state index in [2.05, 4.69) is 0 Å². The molecule has 0 N–H and O–H groups in total. The van der Waals surface area contributed by atoms with Crippen molar-refractivity contribution in [3.63, 3.8) is 0 Å². The maximum atomic E-state index is 12.4. The maximum Gasteiger partial charge on any atom is 0.338 e. The third kappa shape index (κ3) is 3.19. The average molecular weight is 327 g/mol. The van der Waals surface area contributed by atoms with E-state index in [1.54, 1.807) is 28.2 Å². The Balaban J connectivity index is 1.85. The Labute approximate surface area is 138 Å². The normalized spacial score (nSPS) is 10.8. The Morgan fingerprint density at radius 3 is 2.57 bits per heavy atom. The molecule has 0 radical (unpaired) electrons. The molecule has 23 heavy (non-hydrogen) atoms. The van der Waals surface area contributed by atoms with Gasteiger partial charge in [0.05, 0.1) is 27.9 Å². The zero-order valence-electron chi connectivity index (χ0n) is 12.8. The van der Waals surface area contributed by atoms with E-state index < -0.39 is 0 Å². The minimum atomic E-state index is -0.325. The molecule has 0 amide bonds. The SMILES string of the molecule is CCCCOC(=O)c1ccc(-n2sc3ccccc3c2=O)cc1. The largest absolute Gasteiger partial charge is 0.462 e. The summed E-state index contributed by atoms with van der Waals surface area (Å²) in [6.07, 6.45) is 1.85. The molecule has 3 aromatic rings. The van der Waals surface area contributed by atoms with Gasteiger partial charge in [0.2, 0.25) is 0 Å². The summed E-state index contributed by atoms with van der Waals surface area (Å²) in [6, 6.07) is 14.5. The summed E-state index contributed by atoms with van der Waals surface area (Å²) in [4.78, 5) is 24.3. The molecule has 0 aliphatic rings. The fraction of sp³-hybridized carbons (Fsp3) is 0.222. The second-order valence-corrected chi connectivity index (χ2v) is 6.21. The van der Waals surface area contributed by atoms with Crippen molar-refractivity contribution in [2.75, 3.05) is 6.61 Å². The van der Waals surface area contributed by atoms with Crippen molar-refractivity contribution in [1.82, 2.24) is 3.96 Å². The first kappa shape index (κ1) is 15.5. The third-order valence-corrected chi connectivity index (χ3v) is 4.67. The highest BCUT2D eigenvalue weighted by atomic mass is 32.1. The van der Waals surface area contributed by atoms with E-state index in [4.69, 9.17) is 4.74 Å². The summed E-state index contributed by atoms with van der Waals surface area (Å²) in [7, 11) is 0. The van der Waals surface area contributed by atoms with Gasteiger partial charge in [0, 0.05) is 0 Å². The number of unbranched alkanes of at least 4 members (excludes halogenated alkanes) is 1. The van der Waals surface area contributed by atoms with Crippen LogP contribution < -0.4 is 5.56 Å². The Morgan fingerprint density at radius 2 is 1.87 bits per heavy atom. The fourth-order valence-corrected chi connectivity index (χ4v) is 3.27. The third-order valence-electron chi connectivity index (χ3n) is 3.56. The molecule has 3 rings (SSSR count). The molecule has 0 saturated heterocycles. The number of carbonyl (C=O) groups is 1. The summed E-state index contributed by atoms with van der Waals surface area (Å²) < 4.78 is 7.76. The van der Waals surface area contributed by atoms with Crippen molar-refractivity contribution < 1.29 is 9.53 Å². The molecule has 5 heteroatoms. The number of nitrogens with zero attached hydrogens (tertiary/aromatic N) is 1. The Bertz CT molecular complexity index is 877. The quantitative estimate of drug-likeness (QED) is 0.525. The second-order valence-electron chi connectivity index (χ2n) is 5.22. The van der Waals surface area contributed by atoms with Crippen LogP contribution in [-0.2, 0) is 4.74 Å². The van der Waals surface area contributed by atoms with Gasteiger partial charge in [-0.3, -0.25) is 4.79 Å². The Hall–Kier alpha value is -2.40. The standard InChI is InChI=1S/C18H17NO3S/c1-2-3-12-22-18(21)13-8-10-14(11-9-13)19-17(20)15-6-4-5-7-16(15)23-19/h4-11H,2-3,12H2,1H3. The molecule has 1 aromatic heterocycles. The van der Waals surface area contributed by atoms with Crippen molar-refractivity contribution in [2.45, 2.75) is 19.8 Å². The van der Waals surface area contributed by atoms with Crippen LogP contribution in [0.25, 0.3) is 15.8 Å². The lowest BCUT2D eigenvalue weighted by Gasteiger charge is -2.05. The van der Waals surface area contributed by atoms with Crippen molar-refractivity contribution in [3.8, 4) is 5.69 Å². The minimum Gasteiger partial charge on any atom is -0.462 e. The van der Waals surface area contributed by atoms with Gasteiger partial charge in [0.25, 0.3) is 5.56 Å². The molecule has 0 fully saturated rings. The summed E-state index contributed by atoms with van der Waals surface area (Å²) >= 11 is 1.40. The molecule has 2 aromatic carbocycles. The fourth-order valence-electron chi connectivity index (χ4n) is 2.27. The van der Waals surface area contributed by atoms with Crippen LogP contribution in [0.4, 0.5) is 0 Å². The van der Waals surface area contributed by atoms with Crippen molar-refractivity contribution in [3.05, 3.63) is 64.4 Å². The number of aromatic nitrogens is 1. The number of carbonyl (C=O) groups excluding carboxylic acids is 1. The maximum absolute atomic E-state index is 12.4. The molecule has 118 valence electrons. The van der Waals surface area contributed by atoms with Gasteiger partial charge in [-0.15, -0.1) is 0 Å². The van der Waals surface area contributed by atoms with Crippen molar-refractivity contribution in [2.24, 2.45) is 0 Å². The number of rotatable bonds is 5. The van der Waals surface area contributed by atoms with Gasteiger partial charge in [0.1, 0.15) is 0 Å². The molecule has 0 aliphatic heterocycles. The summed E-state index contributed by atoms with van der Waals surface area (Å²) in [5.74, 6) is -0.325. The molecule has 0 unspecified atom stereocenters. The molecule has 0 atom stereocenters. The monoisotopic (exact) mass is 327 g/mol. The van der Waals surface area contributed by atoms with Crippen molar-refractivity contribution in [1.29, 1.82) is 0 Å². The summed E-state index contributed by atoms with van der Waals surface area (Å²) in [5.41, 5.74) is 1.21. The highest BCUT2D eigenvalue weighted by Crippen LogP contribution is 2.20. The average Bonchev–Trinajstić information content (AvgIpc) is 2.92. The van der Waals surface area contributed by atoms with E-state index in [0.717, 1.165) is 23.2 Å². The molecule has 0 saturated carbocycles. The number of hydrogen-bond donors (Lipinski definition) is 0. The molecule has 0 spiro atoms. The smallest absolute Gasteiger partial charge is 0.338 e. The van der Waals surface area contributed by atoms with Crippen LogP contribution in [0.3, 0.4) is 0 Å². The van der Waals surface area contributed by atoms with Crippen LogP contribution >= 0.6 is 11.5 Å². The molecule has 0 bridgehead atoms. The summed E-state index contributed by atoms with van der Waals surface area (Å²) in [5, 5.41) is 0.709. The molecular formula is C18H17NO3S. The molecule has 1 heterocycles. The number of esters is 1. The first-order chi connectivity index (χ1) is 11.2. The van der Waals surface area contributed by atoms with E-state index >= 15 is 0 Å². The lowest BCUT2D eigenvalue weighted by molar-refractivity contribution is 0.0500. The van der Waals surface area contributed by atoms with Crippen LogP contribution in [-0.4, -0.2) is 16.5 Å². The van der Waals surface area contributed by atoms with Gasteiger partial charge in [-0.25, -0.2) is 8.75 Å². The van der Waals surface area contributed by atoms with Gasteiger partial charge in [-0.2, -0.15) is 0 Å². The summed E-state index contributed by atoms with van der Waals surface area (Å²) in [6.45, 7) is 2.48. The first-order valence-corrected chi connectivity index (χ1v) is 8.36. The van der Waals surface area contributed by atoms with Crippen LogP contribution in [0.15, 0.2) is 53.3 Å². The minimum absolute atomic E-state index is 0.0381. The lowest BCUT2D eigenvalue weighted by Crippen LogP contribution is -2.11. The zero-order valence-corrected chi connectivity index (χ0v) is 13.6.